The maximum absolute atomic E-state index is 5.83. The number of para-hydroxylation sites is 1. The van der Waals surface area contributed by atoms with Crippen molar-refractivity contribution in [3.05, 3.63) is 47.5 Å². The molecule has 0 radical (unpaired) electrons. The van der Waals surface area contributed by atoms with E-state index in [1.807, 2.05) is 25.1 Å². The van der Waals surface area contributed by atoms with E-state index in [4.69, 9.17) is 4.74 Å². The van der Waals surface area contributed by atoms with Gasteiger partial charge in [-0.1, -0.05) is 18.2 Å². The van der Waals surface area contributed by atoms with Crippen LogP contribution in [-0.4, -0.2) is 9.97 Å². The van der Waals surface area contributed by atoms with Crippen LogP contribution in [0.25, 0.3) is 0 Å². The highest BCUT2D eigenvalue weighted by Crippen LogP contribution is 2.31. The lowest BCUT2D eigenvalue weighted by atomic mass is 10.1. The maximum Gasteiger partial charge on any atom is 0.167 e. The predicted molar refractivity (Wildman–Crippen MR) is 60.7 cm³/mol. The molecule has 0 fully saturated rings. The van der Waals surface area contributed by atoms with E-state index in [0.717, 1.165) is 35.9 Å². The summed E-state index contributed by atoms with van der Waals surface area (Å²) >= 11 is 0. The molecule has 3 rings (SSSR count). The Bertz CT molecular complexity index is 537. The largest absolute Gasteiger partial charge is 0.454 e. The zero-order valence-electron chi connectivity index (χ0n) is 9.10. The first-order chi connectivity index (χ1) is 7.83. The van der Waals surface area contributed by atoms with Crippen LogP contribution in [0.4, 0.5) is 0 Å². The average Bonchev–Trinajstić information content (AvgIpc) is 2.48. The Morgan fingerprint density at radius 2 is 2.00 bits per heavy atom. The van der Waals surface area contributed by atoms with Crippen LogP contribution in [0.5, 0.6) is 11.5 Å². The second kappa shape index (κ2) is 3.59. The summed E-state index contributed by atoms with van der Waals surface area (Å²) in [6, 6.07) is 8.11. The fraction of sp³-hybridized carbons (Fsp3) is 0.231. The quantitative estimate of drug-likeness (QED) is 0.673. The highest BCUT2D eigenvalue weighted by atomic mass is 16.5. The lowest BCUT2D eigenvalue weighted by Crippen LogP contribution is -1.97. The van der Waals surface area contributed by atoms with Gasteiger partial charge in [-0.25, -0.2) is 9.97 Å². The molecule has 1 aromatic heterocycles. The van der Waals surface area contributed by atoms with Crippen LogP contribution in [0, 0.1) is 6.92 Å². The molecule has 0 atom stereocenters. The molecular weight excluding hydrogens is 200 g/mol. The van der Waals surface area contributed by atoms with Crippen molar-refractivity contribution in [1.29, 1.82) is 0 Å². The summed E-state index contributed by atoms with van der Waals surface area (Å²) in [4.78, 5) is 8.59. The molecule has 1 aliphatic heterocycles. The van der Waals surface area contributed by atoms with E-state index in [-0.39, 0.29) is 0 Å². The van der Waals surface area contributed by atoms with Gasteiger partial charge in [0.25, 0.3) is 0 Å². The standard InChI is InChI=1S/C13H12N2O/c1-9-14-8-13-11(15-9)7-6-10-4-2-3-5-12(10)16-13/h2-5,8H,6-7H2,1H3. The van der Waals surface area contributed by atoms with Crippen LogP contribution in [0.2, 0.25) is 0 Å². The Hall–Kier alpha value is -1.90. The molecule has 0 aliphatic carbocycles. The third-order valence-corrected chi connectivity index (χ3v) is 2.77. The van der Waals surface area contributed by atoms with E-state index >= 15 is 0 Å². The van der Waals surface area contributed by atoms with Gasteiger partial charge in [0.2, 0.25) is 0 Å². The summed E-state index contributed by atoms with van der Waals surface area (Å²) in [5.74, 6) is 2.51. The van der Waals surface area contributed by atoms with Gasteiger partial charge in [0.1, 0.15) is 11.6 Å². The van der Waals surface area contributed by atoms with Gasteiger partial charge < -0.3 is 4.74 Å². The smallest absolute Gasteiger partial charge is 0.167 e. The Balaban J connectivity index is 2.08. The summed E-state index contributed by atoms with van der Waals surface area (Å²) in [5.41, 5.74) is 2.24. The number of benzene rings is 1. The Labute approximate surface area is 94.1 Å². The Morgan fingerprint density at radius 3 is 2.94 bits per heavy atom. The van der Waals surface area contributed by atoms with Crippen molar-refractivity contribution in [2.24, 2.45) is 0 Å². The first-order valence-electron chi connectivity index (χ1n) is 5.41. The zero-order valence-corrected chi connectivity index (χ0v) is 9.10. The molecule has 2 heterocycles. The maximum atomic E-state index is 5.83. The van der Waals surface area contributed by atoms with Crippen LogP contribution in [0.1, 0.15) is 17.1 Å². The molecule has 0 saturated heterocycles. The summed E-state index contributed by atoms with van der Waals surface area (Å²) < 4.78 is 5.83. The number of hydrogen-bond acceptors (Lipinski definition) is 3. The van der Waals surface area contributed by atoms with Crippen LogP contribution in [-0.2, 0) is 12.8 Å². The van der Waals surface area contributed by atoms with Gasteiger partial charge in [-0.2, -0.15) is 0 Å². The van der Waals surface area contributed by atoms with E-state index in [2.05, 4.69) is 16.0 Å². The van der Waals surface area contributed by atoms with Crippen LogP contribution < -0.4 is 4.74 Å². The van der Waals surface area contributed by atoms with Gasteiger partial charge in [-0.15, -0.1) is 0 Å². The predicted octanol–water partition coefficient (Wildman–Crippen LogP) is 2.68. The molecule has 1 aromatic carbocycles. The molecule has 16 heavy (non-hydrogen) atoms. The van der Waals surface area contributed by atoms with Crippen molar-refractivity contribution in [3.8, 4) is 11.5 Å². The van der Waals surface area contributed by atoms with Crippen molar-refractivity contribution in [1.82, 2.24) is 9.97 Å². The number of aromatic nitrogens is 2. The van der Waals surface area contributed by atoms with Crippen molar-refractivity contribution in [2.75, 3.05) is 0 Å². The second-order valence-electron chi connectivity index (χ2n) is 3.94. The monoisotopic (exact) mass is 212 g/mol. The first kappa shape index (κ1) is 9.33. The van der Waals surface area contributed by atoms with Gasteiger partial charge in [0.05, 0.1) is 11.9 Å². The Morgan fingerprint density at radius 1 is 1.12 bits per heavy atom. The number of aryl methyl sites for hydroxylation is 3. The van der Waals surface area contributed by atoms with E-state index < -0.39 is 0 Å². The number of fused-ring (bicyclic) bond motifs is 2. The highest BCUT2D eigenvalue weighted by molar-refractivity contribution is 5.41. The summed E-state index contributed by atoms with van der Waals surface area (Å²) in [7, 11) is 0. The minimum absolute atomic E-state index is 0.788. The lowest BCUT2D eigenvalue weighted by molar-refractivity contribution is 0.472. The number of ether oxygens (including phenoxy) is 1. The molecule has 0 unspecified atom stereocenters. The van der Waals surface area contributed by atoms with E-state index in [1.54, 1.807) is 6.20 Å². The molecule has 0 saturated carbocycles. The van der Waals surface area contributed by atoms with Crippen molar-refractivity contribution in [2.45, 2.75) is 19.8 Å². The van der Waals surface area contributed by atoms with E-state index in [0.29, 0.717) is 0 Å². The number of hydrogen-bond donors (Lipinski definition) is 0. The molecule has 2 aromatic rings. The third kappa shape index (κ3) is 1.54. The van der Waals surface area contributed by atoms with Crippen molar-refractivity contribution in [3.63, 3.8) is 0 Å². The number of rotatable bonds is 0. The molecule has 0 amide bonds. The topological polar surface area (TPSA) is 35.0 Å². The summed E-state index contributed by atoms with van der Waals surface area (Å²) in [6.07, 6.45) is 3.65. The lowest BCUT2D eigenvalue weighted by Gasteiger charge is -2.07. The van der Waals surface area contributed by atoms with Crippen molar-refractivity contribution < 1.29 is 4.74 Å². The van der Waals surface area contributed by atoms with Gasteiger partial charge in [0.15, 0.2) is 5.75 Å². The molecule has 1 aliphatic rings. The van der Waals surface area contributed by atoms with Gasteiger partial charge in [-0.3, -0.25) is 0 Å². The normalized spacial score (nSPS) is 13.3. The van der Waals surface area contributed by atoms with Crippen LogP contribution in [0.15, 0.2) is 30.5 Å². The molecule has 0 bridgehead atoms. The molecular formula is C13H12N2O. The summed E-state index contributed by atoms with van der Waals surface area (Å²) in [6.45, 7) is 1.90. The van der Waals surface area contributed by atoms with E-state index in [9.17, 15) is 0 Å². The highest BCUT2D eigenvalue weighted by Gasteiger charge is 2.15. The summed E-state index contributed by atoms with van der Waals surface area (Å²) in [5, 5.41) is 0. The first-order valence-corrected chi connectivity index (χ1v) is 5.41. The molecule has 3 nitrogen and oxygen atoms in total. The zero-order chi connectivity index (χ0) is 11.0. The minimum atomic E-state index is 0.788. The van der Waals surface area contributed by atoms with Gasteiger partial charge >= 0.3 is 0 Å². The third-order valence-electron chi connectivity index (χ3n) is 2.77. The molecule has 0 spiro atoms. The molecule has 80 valence electrons. The second-order valence-corrected chi connectivity index (χ2v) is 3.94. The molecule has 0 N–H and O–H groups in total. The average molecular weight is 212 g/mol. The van der Waals surface area contributed by atoms with Gasteiger partial charge in [-0.05, 0) is 31.4 Å². The Kier molecular flexibility index (Phi) is 2.10. The fourth-order valence-electron chi connectivity index (χ4n) is 1.95. The molecule has 3 heteroatoms. The minimum Gasteiger partial charge on any atom is -0.454 e. The van der Waals surface area contributed by atoms with Crippen LogP contribution >= 0.6 is 0 Å². The van der Waals surface area contributed by atoms with Gasteiger partial charge in [0, 0.05) is 0 Å². The van der Waals surface area contributed by atoms with E-state index in [1.165, 1.54) is 5.56 Å². The fourth-order valence-corrected chi connectivity index (χ4v) is 1.95. The van der Waals surface area contributed by atoms with Crippen molar-refractivity contribution >= 4 is 0 Å². The SMILES string of the molecule is Cc1ncc2c(n1)CCc1ccccc1O2. The number of nitrogens with zero attached hydrogens (tertiary/aromatic N) is 2. The van der Waals surface area contributed by atoms with Crippen LogP contribution in [0.3, 0.4) is 0 Å².